The van der Waals surface area contributed by atoms with Crippen molar-refractivity contribution in [3.05, 3.63) is 0 Å². The molecule has 0 unspecified atom stereocenters. The molecule has 0 nitrogen and oxygen atoms in total. The van der Waals surface area contributed by atoms with Crippen LogP contribution in [-0.4, -0.2) is 12.9 Å². The molecule has 0 aromatic carbocycles. The Morgan fingerprint density at radius 1 is 2.00 bits per heavy atom. The van der Waals surface area contributed by atoms with Gasteiger partial charge in [-0.05, 0) is 0 Å². The Hall–Kier alpha value is -0.0651. The Labute approximate surface area is 33.1 Å². The van der Waals surface area contributed by atoms with Crippen LogP contribution in [0.25, 0.3) is 0 Å². The van der Waals surface area contributed by atoms with Crippen molar-refractivity contribution >= 4 is 12.9 Å². The van der Waals surface area contributed by atoms with Crippen molar-refractivity contribution in [2.24, 2.45) is 0 Å². The van der Waals surface area contributed by atoms with Gasteiger partial charge in [0.2, 0.25) is 0 Å². The summed E-state index contributed by atoms with van der Waals surface area (Å²) in [6.45, 7) is 4.42. The molecule has 0 spiro atoms. The minimum absolute atomic E-state index is 0.884. The second-order valence-corrected chi connectivity index (χ2v) is 1.46. The summed E-state index contributed by atoms with van der Waals surface area (Å²) in [4.78, 5) is 0. The van der Waals surface area contributed by atoms with Crippen molar-refractivity contribution in [1.29, 1.82) is 0 Å². The third-order valence-corrected chi connectivity index (χ3v) is 0.936. The molecular weight excluding hydrogens is 58.9 g/mol. The topological polar surface area (TPSA) is 0 Å². The van der Waals surface area contributed by atoms with Crippen molar-refractivity contribution in [3.8, 4) is 0 Å². The summed E-state index contributed by atoms with van der Waals surface area (Å²) in [6.07, 6.45) is 1.31. The zero-order valence-corrected chi connectivity index (χ0v) is 3.44. The summed E-state index contributed by atoms with van der Waals surface area (Å²) in [5, 5.41) is 0. The van der Waals surface area contributed by atoms with Crippen LogP contribution in [0, 0.1) is 0 Å². The molecule has 0 amide bonds. The molecule has 0 N–H and O–H groups in total. The maximum absolute atomic E-state index is 2.22. The molecule has 0 aromatic rings. The molecule has 1 heterocycles. The van der Waals surface area contributed by atoms with E-state index in [0.717, 1.165) is 5.82 Å². The normalized spacial score (nSPS) is 29.4. The van der Waals surface area contributed by atoms with Crippen molar-refractivity contribution < 1.29 is 0 Å². The average molecular weight is 65.9 g/mol. The molecule has 1 heteroatoms. The Bertz CT molecular complexity index is 50.7. The summed E-state index contributed by atoms with van der Waals surface area (Å²) < 4.78 is 0. The maximum atomic E-state index is 2.22. The van der Waals surface area contributed by atoms with Gasteiger partial charge >= 0.3 is 32.0 Å². The molecule has 1 atom stereocenters. The van der Waals surface area contributed by atoms with E-state index in [2.05, 4.69) is 19.8 Å². The quantitative estimate of drug-likeness (QED) is 0.395. The summed E-state index contributed by atoms with van der Waals surface area (Å²) in [7, 11) is 0. The number of rotatable bonds is 1. The summed E-state index contributed by atoms with van der Waals surface area (Å²) in [5.74, 6) is 3.11. The van der Waals surface area contributed by atoms with Gasteiger partial charge < -0.3 is 0 Å². The monoisotopic (exact) mass is 66.1 g/mol. The van der Waals surface area contributed by atoms with Gasteiger partial charge in [-0.1, -0.05) is 0 Å². The van der Waals surface area contributed by atoms with E-state index in [-0.39, 0.29) is 0 Å². The van der Waals surface area contributed by atoms with Crippen LogP contribution in [0.3, 0.4) is 0 Å². The molecule has 0 saturated heterocycles. The molecular formula is C4H7B. The minimum atomic E-state index is 0.884. The van der Waals surface area contributed by atoms with Gasteiger partial charge in [0.25, 0.3) is 0 Å². The number of hydrogen-bond donors (Lipinski definition) is 0. The van der Waals surface area contributed by atoms with E-state index in [1.807, 2.05) is 0 Å². The average Bonchev–Trinajstić information content (AvgIpc) is 2.12. The first-order valence-corrected chi connectivity index (χ1v) is 2.12. The SMILES string of the molecule is CC[C@H]1B=C1. The second-order valence-electron chi connectivity index (χ2n) is 1.46. The summed E-state index contributed by atoms with van der Waals surface area (Å²) in [5.41, 5.74) is 0. The van der Waals surface area contributed by atoms with Gasteiger partial charge in [0.1, 0.15) is 0 Å². The molecule has 0 radical (unpaired) electrons. The van der Waals surface area contributed by atoms with Crippen LogP contribution in [0.4, 0.5) is 0 Å². The van der Waals surface area contributed by atoms with Crippen LogP contribution in [0.5, 0.6) is 0 Å². The van der Waals surface area contributed by atoms with Gasteiger partial charge in [0.05, 0.1) is 0 Å². The molecule has 0 bridgehead atoms. The van der Waals surface area contributed by atoms with Gasteiger partial charge in [-0.15, -0.1) is 0 Å². The van der Waals surface area contributed by atoms with E-state index < -0.39 is 0 Å². The van der Waals surface area contributed by atoms with Crippen LogP contribution in [-0.2, 0) is 0 Å². The molecule has 5 heavy (non-hydrogen) atoms. The summed E-state index contributed by atoms with van der Waals surface area (Å²) >= 11 is 0. The molecule has 0 fully saturated rings. The molecule has 0 aromatic heterocycles. The van der Waals surface area contributed by atoms with Crippen molar-refractivity contribution in [2.45, 2.75) is 19.2 Å². The van der Waals surface area contributed by atoms with E-state index in [4.69, 9.17) is 0 Å². The zero-order valence-electron chi connectivity index (χ0n) is 3.44. The molecule has 1 aliphatic heterocycles. The Morgan fingerprint density at radius 3 is 2.60 bits per heavy atom. The molecule has 0 saturated carbocycles. The first-order chi connectivity index (χ1) is 2.43. The van der Waals surface area contributed by atoms with Crippen molar-refractivity contribution in [2.75, 3.05) is 0 Å². The van der Waals surface area contributed by atoms with Crippen LogP contribution in [0.1, 0.15) is 13.3 Å². The first-order valence-electron chi connectivity index (χ1n) is 2.12. The predicted molar refractivity (Wildman–Crippen MR) is 25.9 cm³/mol. The van der Waals surface area contributed by atoms with Crippen molar-refractivity contribution in [1.82, 2.24) is 0 Å². The predicted octanol–water partition coefficient (Wildman–Crippen LogP) is 0.705. The third-order valence-electron chi connectivity index (χ3n) is 0.936. The van der Waals surface area contributed by atoms with Gasteiger partial charge in [-0.2, -0.15) is 0 Å². The second kappa shape index (κ2) is 0.962. The van der Waals surface area contributed by atoms with Gasteiger partial charge in [0, 0.05) is 0 Å². The van der Waals surface area contributed by atoms with Crippen LogP contribution < -0.4 is 0 Å². The van der Waals surface area contributed by atoms with Gasteiger partial charge in [-0.3, -0.25) is 0 Å². The van der Waals surface area contributed by atoms with Crippen LogP contribution in [0.2, 0.25) is 5.82 Å². The number of hydrogen-bond acceptors (Lipinski definition) is 0. The fourth-order valence-corrected chi connectivity index (χ4v) is 0.351. The molecule has 1 rings (SSSR count). The molecule has 1 aliphatic rings. The third kappa shape index (κ3) is 0.605. The molecule has 26 valence electrons. The standard InChI is InChI=1S/C4H7B/c1-2-4-3-5-4/h3-4H,2H2,1H3/t4-/m1/s1. The Balaban J connectivity index is 2.06. The zero-order chi connectivity index (χ0) is 3.70. The van der Waals surface area contributed by atoms with Crippen molar-refractivity contribution in [3.63, 3.8) is 0 Å². The Morgan fingerprint density at radius 2 is 2.60 bits per heavy atom. The summed E-state index contributed by atoms with van der Waals surface area (Å²) in [6, 6.07) is 0. The van der Waals surface area contributed by atoms with Crippen LogP contribution in [0.15, 0.2) is 0 Å². The van der Waals surface area contributed by atoms with Gasteiger partial charge in [-0.25, -0.2) is 0 Å². The van der Waals surface area contributed by atoms with E-state index in [9.17, 15) is 0 Å². The van der Waals surface area contributed by atoms with E-state index in [1.54, 1.807) is 0 Å². The van der Waals surface area contributed by atoms with E-state index in [1.165, 1.54) is 6.42 Å². The fourth-order valence-electron chi connectivity index (χ4n) is 0.351. The van der Waals surface area contributed by atoms with E-state index in [0.29, 0.717) is 0 Å². The van der Waals surface area contributed by atoms with Crippen LogP contribution >= 0.6 is 0 Å². The van der Waals surface area contributed by atoms with Gasteiger partial charge in [0.15, 0.2) is 0 Å². The Kier molecular flexibility index (Phi) is 0.604. The fraction of sp³-hybridized carbons (Fsp3) is 0.750. The van der Waals surface area contributed by atoms with E-state index >= 15 is 0 Å². The first kappa shape index (κ1) is 3.14. The molecule has 0 aliphatic carbocycles.